The van der Waals surface area contributed by atoms with Gasteiger partial charge in [0.2, 0.25) is 0 Å². The zero-order valence-electron chi connectivity index (χ0n) is 10.9. The maximum atomic E-state index is 13.6. The molecule has 0 aliphatic rings. The van der Waals surface area contributed by atoms with E-state index in [1.165, 1.54) is 11.3 Å². The minimum absolute atomic E-state index is 0.0460. The minimum Gasteiger partial charge on any atom is -0.478 e. The molecule has 0 bridgehead atoms. The molecule has 0 unspecified atom stereocenters. The Morgan fingerprint density at radius 2 is 2.24 bits per heavy atom. The molecule has 2 N–H and O–H groups in total. The molecule has 0 spiro atoms. The number of nitrogens with one attached hydrogen (secondary N) is 1. The molecule has 0 amide bonds. The summed E-state index contributed by atoms with van der Waals surface area (Å²) in [6.45, 7) is 2.20. The number of nitro benzene ring substituents is 1. The van der Waals surface area contributed by atoms with Gasteiger partial charge in [-0.2, -0.15) is 0 Å². The molecule has 2 rings (SSSR count). The summed E-state index contributed by atoms with van der Waals surface area (Å²) in [5.41, 5.74) is -0.212. The highest BCUT2D eigenvalue weighted by Crippen LogP contribution is 2.29. The number of hydrogen-bond acceptors (Lipinski definition) is 5. The number of benzene rings is 1. The summed E-state index contributed by atoms with van der Waals surface area (Å²) in [5.74, 6) is -2.56. The molecule has 0 radical (unpaired) electrons. The fraction of sp³-hybridized carbons (Fsp3) is 0.154. The highest BCUT2D eigenvalue weighted by atomic mass is 32.1. The Balaban J connectivity index is 2.34. The van der Waals surface area contributed by atoms with Crippen LogP contribution < -0.4 is 5.32 Å². The monoisotopic (exact) mass is 310 g/mol. The Morgan fingerprint density at radius 3 is 2.76 bits per heavy atom. The Hall–Kier alpha value is -2.48. The summed E-state index contributed by atoms with van der Waals surface area (Å²) in [5, 5.41) is 24.5. The van der Waals surface area contributed by atoms with Crippen LogP contribution in [0.3, 0.4) is 0 Å². The maximum absolute atomic E-state index is 13.6. The van der Waals surface area contributed by atoms with Crippen molar-refractivity contribution in [1.82, 2.24) is 0 Å². The van der Waals surface area contributed by atoms with Gasteiger partial charge in [0, 0.05) is 23.6 Å². The summed E-state index contributed by atoms with van der Waals surface area (Å²) in [6.07, 6.45) is 0. The lowest BCUT2D eigenvalue weighted by molar-refractivity contribution is -0.384. The van der Waals surface area contributed by atoms with E-state index in [2.05, 4.69) is 5.32 Å². The van der Waals surface area contributed by atoms with Crippen molar-refractivity contribution in [1.29, 1.82) is 0 Å². The lowest BCUT2D eigenvalue weighted by Gasteiger charge is -2.08. The van der Waals surface area contributed by atoms with E-state index in [1.807, 2.05) is 18.4 Å². The average Bonchev–Trinajstić information content (AvgIpc) is 2.81. The lowest BCUT2D eigenvalue weighted by atomic mass is 10.1. The maximum Gasteiger partial charge on any atom is 0.338 e. The first-order chi connectivity index (χ1) is 9.90. The molecule has 110 valence electrons. The third kappa shape index (κ3) is 3.16. The van der Waals surface area contributed by atoms with E-state index < -0.39 is 28.0 Å². The van der Waals surface area contributed by atoms with E-state index in [4.69, 9.17) is 5.11 Å². The molecule has 0 saturated carbocycles. The van der Waals surface area contributed by atoms with Crippen LogP contribution >= 0.6 is 11.3 Å². The van der Waals surface area contributed by atoms with Gasteiger partial charge in [-0.1, -0.05) is 0 Å². The number of anilines is 1. The van der Waals surface area contributed by atoms with E-state index in [0.29, 0.717) is 6.54 Å². The SMILES string of the molecule is Cc1ccsc1CNc1cc(F)c(C(=O)O)cc1[N+](=O)[O-]. The second kappa shape index (κ2) is 5.88. The molecule has 8 heteroatoms. The predicted octanol–water partition coefficient (Wildman–Crippen LogP) is 3.41. The van der Waals surface area contributed by atoms with Crippen LogP contribution in [0.4, 0.5) is 15.8 Å². The van der Waals surface area contributed by atoms with Gasteiger partial charge in [-0.05, 0) is 23.9 Å². The van der Waals surface area contributed by atoms with Crippen LogP contribution in [0.5, 0.6) is 0 Å². The summed E-state index contributed by atoms with van der Waals surface area (Å²) in [6, 6.07) is 3.47. The molecule has 0 fully saturated rings. The summed E-state index contributed by atoms with van der Waals surface area (Å²) >= 11 is 1.48. The molecule has 6 nitrogen and oxygen atoms in total. The van der Waals surface area contributed by atoms with Gasteiger partial charge in [-0.25, -0.2) is 9.18 Å². The van der Waals surface area contributed by atoms with Crippen LogP contribution in [0, 0.1) is 22.9 Å². The van der Waals surface area contributed by atoms with Crippen molar-refractivity contribution in [3.05, 3.63) is 55.5 Å². The van der Waals surface area contributed by atoms with Gasteiger partial charge in [-0.3, -0.25) is 10.1 Å². The Labute approximate surface area is 123 Å². The smallest absolute Gasteiger partial charge is 0.338 e. The number of nitrogens with zero attached hydrogens (tertiary/aromatic N) is 1. The summed E-state index contributed by atoms with van der Waals surface area (Å²) in [7, 11) is 0. The first kappa shape index (κ1) is 14.9. The fourth-order valence-electron chi connectivity index (χ4n) is 1.78. The number of thiophene rings is 1. The molecular weight excluding hydrogens is 299 g/mol. The predicted molar refractivity (Wildman–Crippen MR) is 76.4 cm³/mol. The molecule has 21 heavy (non-hydrogen) atoms. The number of carboxylic acids is 1. The minimum atomic E-state index is -1.55. The first-order valence-electron chi connectivity index (χ1n) is 5.88. The second-order valence-corrected chi connectivity index (χ2v) is 5.29. The van der Waals surface area contributed by atoms with E-state index in [9.17, 15) is 19.3 Å². The van der Waals surface area contributed by atoms with Gasteiger partial charge >= 0.3 is 5.97 Å². The van der Waals surface area contributed by atoms with E-state index in [-0.39, 0.29) is 5.69 Å². The average molecular weight is 310 g/mol. The molecule has 2 aromatic rings. The third-order valence-electron chi connectivity index (χ3n) is 2.92. The van der Waals surface area contributed by atoms with Gasteiger partial charge in [0.25, 0.3) is 5.69 Å². The largest absolute Gasteiger partial charge is 0.478 e. The second-order valence-electron chi connectivity index (χ2n) is 4.29. The number of rotatable bonds is 5. The molecule has 1 heterocycles. The van der Waals surface area contributed by atoms with Crippen LogP contribution in [0.25, 0.3) is 0 Å². The van der Waals surface area contributed by atoms with Crippen LogP contribution in [-0.4, -0.2) is 16.0 Å². The number of halogens is 1. The van der Waals surface area contributed by atoms with Crippen molar-refractivity contribution in [3.8, 4) is 0 Å². The normalized spacial score (nSPS) is 10.4. The van der Waals surface area contributed by atoms with Crippen LogP contribution in [0.2, 0.25) is 0 Å². The lowest BCUT2D eigenvalue weighted by Crippen LogP contribution is -2.07. The van der Waals surface area contributed by atoms with Crippen LogP contribution in [-0.2, 0) is 6.54 Å². The third-order valence-corrected chi connectivity index (χ3v) is 3.94. The van der Waals surface area contributed by atoms with Crippen molar-refractivity contribution >= 4 is 28.7 Å². The summed E-state index contributed by atoms with van der Waals surface area (Å²) in [4.78, 5) is 22.0. The molecule has 0 aliphatic heterocycles. The number of hydrogen-bond donors (Lipinski definition) is 2. The molecule has 0 atom stereocenters. The van der Waals surface area contributed by atoms with Crippen molar-refractivity contribution in [2.75, 3.05) is 5.32 Å². The standard InChI is InChI=1S/C13H11FN2O4S/c1-7-2-3-21-12(7)6-15-10-5-9(14)8(13(17)18)4-11(10)16(19)20/h2-5,15H,6H2,1H3,(H,17,18). The number of nitro groups is 1. The first-order valence-corrected chi connectivity index (χ1v) is 6.76. The van der Waals surface area contributed by atoms with Crippen molar-refractivity contribution in [2.45, 2.75) is 13.5 Å². The van der Waals surface area contributed by atoms with Gasteiger partial charge in [-0.15, -0.1) is 11.3 Å². The van der Waals surface area contributed by atoms with Gasteiger partial charge in [0.05, 0.1) is 4.92 Å². The van der Waals surface area contributed by atoms with Crippen LogP contribution in [0.1, 0.15) is 20.8 Å². The van der Waals surface area contributed by atoms with Crippen LogP contribution in [0.15, 0.2) is 23.6 Å². The van der Waals surface area contributed by atoms with Crippen molar-refractivity contribution in [3.63, 3.8) is 0 Å². The zero-order chi connectivity index (χ0) is 15.6. The molecule has 0 aliphatic carbocycles. The number of aromatic carboxylic acids is 1. The van der Waals surface area contributed by atoms with Gasteiger partial charge < -0.3 is 10.4 Å². The Bertz CT molecular complexity index is 714. The fourth-order valence-corrected chi connectivity index (χ4v) is 2.62. The molecule has 1 aromatic carbocycles. The van der Waals surface area contributed by atoms with Crippen molar-refractivity contribution < 1.29 is 19.2 Å². The van der Waals surface area contributed by atoms with E-state index in [0.717, 1.165) is 22.6 Å². The Morgan fingerprint density at radius 1 is 1.52 bits per heavy atom. The highest BCUT2D eigenvalue weighted by Gasteiger charge is 2.21. The molecular formula is C13H11FN2O4S. The topological polar surface area (TPSA) is 92.5 Å². The number of carboxylic acid groups (broad SMARTS) is 1. The Kier molecular flexibility index (Phi) is 4.18. The highest BCUT2D eigenvalue weighted by molar-refractivity contribution is 7.10. The van der Waals surface area contributed by atoms with Crippen molar-refractivity contribution in [2.24, 2.45) is 0 Å². The zero-order valence-corrected chi connectivity index (χ0v) is 11.7. The molecule has 0 saturated heterocycles. The quantitative estimate of drug-likeness (QED) is 0.652. The number of aryl methyl sites for hydroxylation is 1. The van der Waals surface area contributed by atoms with E-state index >= 15 is 0 Å². The van der Waals surface area contributed by atoms with E-state index in [1.54, 1.807) is 0 Å². The molecule has 1 aromatic heterocycles. The van der Waals surface area contributed by atoms with Gasteiger partial charge in [0.15, 0.2) is 0 Å². The number of carbonyl (C=O) groups is 1. The van der Waals surface area contributed by atoms with Gasteiger partial charge in [0.1, 0.15) is 17.1 Å². The summed E-state index contributed by atoms with van der Waals surface area (Å²) < 4.78 is 13.6.